The van der Waals surface area contributed by atoms with Gasteiger partial charge in [0.25, 0.3) is 5.56 Å². The Hall–Kier alpha value is -2.28. The predicted molar refractivity (Wildman–Crippen MR) is 103 cm³/mol. The van der Waals surface area contributed by atoms with E-state index in [1.165, 1.54) is 0 Å². The SMILES string of the molecule is CCc1c(NC(C)(C)c2ncccn2)c2cc(Br)cnc2n(C)c1=O. The Bertz CT molecular complexity index is 982. The van der Waals surface area contributed by atoms with E-state index in [0.717, 1.165) is 21.1 Å². The van der Waals surface area contributed by atoms with Crippen molar-refractivity contribution in [2.45, 2.75) is 32.7 Å². The molecule has 3 rings (SSSR count). The lowest BCUT2D eigenvalue weighted by Gasteiger charge is -2.28. The number of nitrogens with one attached hydrogen (secondary N) is 1. The zero-order chi connectivity index (χ0) is 18.2. The summed E-state index contributed by atoms with van der Waals surface area (Å²) in [5.41, 5.74) is 1.55. The quantitative estimate of drug-likeness (QED) is 0.724. The number of anilines is 1. The van der Waals surface area contributed by atoms with Crippen LogP contribution in [0.2, 0.25) is 0 Å². The fourth-order valence-electron chi connectivity index (χ4n) is 2.91. The number of fused-ring (bicyclic) bond motifs is 1. The van der Waals surface area contributed by atoms with E-state index in [9.17, 15) is 4.79 Å². The van der Waals surface area contributed by atoms with Crippen molar-refractivity contribution in [1.82, 2.24) is 19.5 Å². The van der Waals surface area contributed by atoms with Gasteiger partial charge in [0.1, 0.15) is 5.65 Å². The molecule has 1 N–H and O–H groups in total. The molecule has 0 radical (unpaired) electrons. The molecule has 25 heavy (non-hydrogen) atoms. The number of rotatable bonds is 4. The molecule has 0 saturated heterocycles. The largest absolute Gasteiger partial charge is 0.372 e. The summed E-state index contributed by atoms with van der Waals surface area (Å²) in [6.45, 7) is 5.97. The van der Waals surface area contributed by atoms with Crippen LogP contribution in [-0.4, -0.2) is 19.5 Å². The van der Waals surface area contributed by atoms with Crippen molar-refractivity contribution in [2.75, 3.05) is 5.32 Å². The minimum absolute atomic E-state index is 0.0443. The number of hydrogen-bond donors (Lipinski definition) is 1. The van der Waals surface area contributed by atoms with Crippen molar-refractivity contribution in [3.8, 4) is 0 Å². The number of nitrogens with zero attached hydrogens (tertiary/aromatic N) is 4. The van der Waals surface area contributed by atoms with E-state index in [2.05, 4.69) is 36.2 Å². The van der Waals surface area contributed by atoms with E-state index < -0.39 is 5.54 Å². The van der Waals surface area contributed by atoms with Crippen LogP contribution < -0.4 is 10.9 Å². The van der Waals surface area contributed by atoms with Gasteiger partial charge in [0.15, 0.2) is 5.82 Å². The lowest BCUT2D eigenvalue weighted by atomic mass is 10.0. The molecular formula is C18H20BrN5O. The van der Waals surface area contributed by atoms with E-state index in [1.54, 1.807) is 36.3 Å². The summed E-state index contributed by atoms with van der Waals surface area (Å²) in [6, 6.07) is 3.76. The summed E-state index contributed by atoms with van der Waals surface area (Å²) in [6.07, 6.45) is 5.74. The van der Waals surface area contributed by atoms with Crippen molar-refractivity contribution in [3.05, 3.63) is 56.9 Å². The molecule has 0 atom stereocenters. The Morgan fingerprint density at radius 1 is 1.24 bits per heavy atom. The zero-order valence-corrected chi connectivity index (χ0v) is 16.3. The zero-order valence-electron chi connectivity index (χ0n) is 14.7. The van der Waals surface area contributed by atoms with Gasteiger partial charge in [-0.15, -0.1) is 0 Å². The number of halogens is 1. The number of aromatic nitrogens is 4. The highest BCUT2D eigenvalue weighted by molar-refractivity contribution is 9.10. The molecule has 0 saturated carbocycles. The van der Waals surface area contributed by atoms with Gasteiger partial charge >= 0.3 is 0 Å². The van der Waals surface area contributed by atoms with Gasteiger partial charge in [-0.25, -0.2) is 15.0 Å². The summed E-state index contributed by atoms with van der Waals surface area (Å²) in [7, 11) is 1.75. The van der Waals surface area contributed by atoms with Gasteiger partial charge in [0, 0.05) is 41.1 Å². The molecule has 0 bridgehead atoms. The highest BCUT2D eigenvalue weighted by atomic mass is 79.9. The van der Waals surface area contributed by atoms with Crippen molar-refractivity contribution >= 4 is 32.7 Å². The maximum atomic E-state index is 12.8. The standard InChI is InChI=1S/C18H20BrN5O/c1-5-12-14(23-18(2,3)17-20-7-6-8-21-17)13-9-11(19)10-22-15(13)24(4)16(12)25/h6-10,23H,5H2,1-4H3. The second-order valence-electron chi connectivity index (χ2n) is 6.42. The number of aryl methyl sites for hydroxylation is 1. The van der Waals surface area contributed by atoms with E-state index in [0.29, 0.717) is 17.9 Å². The highest BCUT2D eigenvalue weighted by Gasteiger charge is 2.26. The first kappa shape index (κ1) is 17.5. The van der Waals surface area contributed by atoms with Crippen LogP contribution in [0.15, 0.2) is 40.0 Å². The Morgan fingerprint density at radius 3 is 2.56 bits per heavy atom. The molecule has 0 aliphatic rings. The summed E-state index contributed by atoms with van der Waals surface area (Å²) in [5, 5.41) is 4.38. The van der Waals surface area contributed by atoms with Crippen LogP contribution in [0.5, 0.6) is 0 Å². The molecule has 0 aromatic carbocycles. The van der Waals surface area contributed by atoms with Gasteiger partial charge < -0.3 is 5.32 Å². The molecule has 3 heterocycles. The topological polar surface area (TPSA) is 72.7 Å². The van der Waals surface area contributed by atoms with Crippen molar-refractivity contribution in [2.24, 2.45) is 7.05 Å². The van der Waals surface area contributed by atoms with Crippen LogP contribution >= 0.6 is 15.9 Å². The summed E-state index contributed by atoms with van der Waals surface area (Å²) >= 11 is 3.48. The molecule has 6 nitrogen and oxygen atoms in total. The number of pyridine rings is 2. The Kier molecular flexibility index (Phi) is 4.60. The first-order chi connectivity index (χ1) is 11.8. The molecule has 0 aliphatic heterocycles. The van der Waals surface area contributed by atoms with Gasteiger partial charge in [0.2, 0.25) is 0 Å². The second kappa shape index (κ2) is 6.55. The third-order valence-corrected chi connectivity index (χ3v) is 4.63. The average Bonchev–Trinajstić information content (AvgIpc) is 2.60. The Morgan fingerprint density at radius 2 is 1.92 bits per heavy atom. The Labute approximate surface area is 154 Å². The predicted octanol–water partition coefficient (Wildman–Crippen LogP) is 3.40. The molecule has 130 valence electrons. The molecule has 0 unspecified atom stereocenters. The first-order valence-electron chi connectivity index (χ1n) is 8.08. The lowest BCUT2D eigenvalue weighted by molar-refractivity contribution is 0.562. The maximum Gasteiger partial charge on any atom is 0.257 e. The minimum atomic E-state index is -0.549. The molecular weight excluding hydrogens is 382 g/mol. The van der Waals surface area contributed by atoms with E-state index in [1.807, 2.05) is 26.8 Å². The van der Waals surface area contributed by atoms with Gasteiger partial charge in [-0.1, -0.05) is 6.92 Å². The van der Waals surface area contributed by atoms with E-state index >= 15 is 0 Å². The van der Waals surface area contributed by atoms with Crippen LogP contribution in [0.25, 0.3) is 11.0 Å². The molecule has 7 heteroatoms. The fraction of sp³-hybridized carbons (Fsp3) is 0.333. The van der Waals surface area contributed by atoms with Gasteiger partial charge in [0.05, 0.1) is 11.2 Å². The van der Waals surface area contributed by atoms with Gasteiger partial charge in [-0.3, -0.25) is 9.36 Å². The summed E-state index contributed by atoms with van der Waals surface area (Å²) in [4.78, 5) is 25.9. The van der Waals surface area contributed by atoms with Gasteiger partial charge in [-0.2, -0.15) is 0 Å². The summed E-state index contributed by atoms with van der Waals surface area (Å²) in [5.74, 6) is 0.661. The van der Waals surface area contributed by atoms with E-state index in [4.69, 9.17) is 0 Å². The Balaban J connectivity index is 2.26. The van der Waals surface area contributed by atoms with Crippen molar-refractivity contribution < 1.29 is 0 Å². The van der Waals surface area contributed by atoms with Crippen LogP contribution in [0.1, 0.15) is 32.2 Å². The fourth-order valence-corrected chi connectivity index (χ4v) is 3.24. The van der Waals surface area contributed by atoms with Crippen LogP contribution in [0.4, 0.5) is 5.69 Å². The normalized spacial score (nSPS) is 11.7. The van der Waals surface area contributed by atoms with Crippen LogP contribution in [-0.2, 0) is 19.0 Å². The smallest absolute Gasteiger partial charge is 0.257 e. The molecule has 0 amide bonds. The molecule has 0 fully saturated rings. The van der Waals surface area contributed by atoms with E-state index in [-0.39, 0.29) is 5.56 Å². The highest BCUT2D eigenvalue weighted by Crippen LogP contribution is 2.31. The lowest BCUT2D eigenvalue weighted by Crippen LogP contribution is -2.33. The van der Waals surface area contributed by atoms with Gasteiger partial charge in [-0.05, 0) is 48.3 Å². The van der Waals surface area contributed by atoms with Crippen molar-refractivity contribution in [3.63, 3.8) is 0 Å². The molecule has 3 aromatic heterocycles. The maximum absolute atomic E-state index is 12.8. The summed E-state index contributed by atoms with van der Waals surface area (Å²) < 4.78 is 2.45. The second-order valence-corrected chi connectivity index (χ2v) is 7.33. The third kappa shape index (κ3) is 3.16. The first-order valence-corrected chi connectivity index (χ1v) is 8.87. The van der Waals surface area contributed by atoms with Crippen LogP contribution in [0, 0.1) is 0 Å². The monoisotopic (exact) mass is 401 g/mol. The minimum Gasteiger partial charge on any atom is -0.372 e. The molecule has 0 spiro atoms. The average molecular weight is 402 g/mol. The molecule has 0 aliphatic carbocycles. The third-order valence-electron chi connectivity index (χ3n) is 4.20. The molecule has 3 aromatic rings. The van der Waals surface area contributed by atoms with Crippen molar-refractivity contribution in [1.29, 1.82) is 0 Å². The number of hydrogen-bond acceptors (Lipinski definition) is 5. The van der Waals surface area contributed by atoms with Crippen LogP contribution in [0.3, 0.4) is 0 Å².